The molecule has 1 aliphatic heterocycles. The normalized spacial score (nSPS) is 25.1. The summed E-state index contributed by atoms with van der Waals surface area (Å²) in [5.74, 6) is 0.225. The van der Waals surface area contributed by atoms with Crippen LogP contribution >= 0.6 is 15.9 Å². The molecule has 0 N–H and O–H groups in total. The van der Waals surface area contributed by atoms with E-state index in [2.05, 4.69) is 34.7 Å². The standard InChI is InChI=1S/C15H20BrNO/c1-11-4-3-5-12(2)17(11)10-15(18)13-6-8-14(16)9-7-13/h6-9,11-12H,3-5,10H2,1-2H3/t11-,12+. The fourth-order valence-corrected chi connectivity index (χ4v) is 2.94. The zero-order valence-electron chi connectivity index (χ0n) is 11.0. The molecule has 0 unspecified atom stereocenters. The molecule has 1 aliphatic rings. The average Bonchev–Trinajstić information content (AvgIpc) is 2.34. The minimum Gasteiger partial charge on any atom is -0.293 e. The van der Waals surface area contributed by atoms with Gasteiger partial charge in [-0.1, -0.05) is 34.5 Å². The molecule has 0 aromatic heterocycles. The van der Waals surface area contributed by atoms with Crippen LogP contribution < -0.4 is 0 Å². The van der Waals surface area contributed by atoms with E-state index in [1.807, 2.05) is 24.3 Å². The van der Waals surface area contributed by atoms with Gasteiger partial charge in [-0.25, -0.2) is 0 Å². The van der Waals surface area contributed by atoms with E-state index in [4.69, 9.17) is 0 Å². The highest BCUT2D eigenvalue weighted by Gasteiger charge is 2.26. The first-order valence-corrected chi connectivity index (χ1v) is 7.41. The molecule has 0 amide bonds. The Bertz CT molecular complexity index is 405. The summed E-state index contributed by atoms with van der Waals surface area (Å²) in [7, 11) is 0. The SMILES string of the molecule is C[C@@H]1CCC[C@H](C)N1CC(=O)c1ccc(Br)cc1. The molecule has 1 aromatic carbocycles. The lowest BCUT2D eigenvalue weighted by molar-refractivity contribution is 0.0734. The third-order valence-electron chi connectivity index (χ3n) is 3.87. The van der Waals surface area contributed by atoms with E-state index >= 15 is 0 Å². The number of benzene rings is 1. The fourth-order valence-electron chi connectivity index (χ4n) is 2.68. The highest BCUT2D eigenvalue weighted by molar-refractivity contribution is 9.10. The lowest BCUT2D eigenvalue weighted by Crippen LogP contribution is -2.46. The molecule has 2 rings (SSSR count). The third-order valence-corrected chi connectivity index (χ3v) is 4.40. The van der Waals surface area contributed by atoms with Crippen molar-refractivity contribution in [3.63, 3.8) is 0 Å². The Balaban J connectivity index is 2.04. The molecule has 1 saturated heterocycles. The van der Waals surface area contributed by atoms with Crippen LogP contribution in [-0.2, 0) is 0 Å². The Morgan fingerprint density at radius 3 is 2.33 bits per heavy atom. The van der Waals surface area contributed by atoms with Crippen molar-refractivity contribution in [1.29, 1.82) is 0 Å². The second-order valence-electron chi connectivity index (χ2n) is 5.23. The predicted molar refractivity (Wildman–Crippen MR) is 78.0 cm³/mol. The Hall–Kier alpha value is -0.670. The van der Waals surface area contributed by atoms with Crippen molar-refractivity contribution < 1.29 is 4.79 Å². The van der Waals surface area contributed by atoms with Crippen molar-refractivity contribution in [3.8, 4) is 0 Å². The van der Waals surface area contributed by atoms with E-state index in [0.29, 0.717) is 18.6 Å². The van der Waals surface area contributed by atoms with Crippen molar-refractivity contribution in [2.24, 2.45) is 0 Å². The lowest BCUT2D eigenvalue weighted by atomic mass is 9.96. The highest BCUT2D eigenvalue weighted by Crippen LogP contribution is 2.22. The Morgan fingerprint density at radius 1 is 1.22 bits per heavy atom. The molecule has 0 spiro atoms. The quantitative estimate of drug-likeness (QED) is 0.789. The number of carbonyl (C=O) groups excluding carboxylic acids is 1. The lowest BCUT2D eigenvalue weighted by Gasteiger charge is -2.38. The van der Waals surface area contributed by atoms with Gasteiger partial charge in [0.1, 0.15) is 0 Å². The number of nitrogens with zero attached hydrogens (tertiary/aromatic N) is 1. The summed E-state index contributed by atoms with van der Waals surface area (Å²) >= 11 is 3.39. The Morgan fingerprint density at radius 2 is 1.78 bits per heavy atom. The molecular formula is C15H20BrNO. The Labute approximate surface area is 117 Å². The summed E-state index contributed by atoms with van der Waals surface area (Å²) < 4.78 is 1.01. The number of hydrogen-bond donors (Lipinski definition) is 0. The molecule has 3 heteroatoms. The van der Waals surface area contributed by atoms with Gasteiger partial charge in [0.05, 0.1) is 6.54 Å². The average molecular weight is 310 g/mol. The van der Waals surface area contributed by atoms with Crippen LogP contribution in [0.4, 0.5) is 0 Å². The first-order valence-electron chi connectivity index (χ1n) is 6.62. The molecule has 1 fully saturated rings. The van der Waals surface area contributed by atoms with Crippen LogP contribution in [0.2, 0.25) is 0 Å². The maximum Gasteiger partial charge on any atom is 0.176 e. The number of rotatable bonds is 3. The van der Waals surface area contributed by atoms with Crippen LogP contribution in [0.25, 0.3) is 0 Å². The monoisotopic (exact) mass is 309 g/mol. The van der Waals surface area contributed by atoms with Crippen molar-refractivity contribution in [3.05, 3.63) is 34.3 Å². The van der Waals surface area contributed by atoms with E-state index in [1.165, 1.54) is 19.3 Å². The zero-order chi connectivity index (χ0) is 13.1. The van der Waals surface area contributed by atoms with Crippen LogP contribution in [0.5, 0.6) is 0 Å². The van der Waals surface area contributed by atoms with Gasteiger partial charge in [-0.2, -0.15) is 0 Å². The van der Waals surface area contributed by atoms with Gasteiger partial charge < -0.3 is 0 Å². The summed E-state index contributed by atoms with van der Waals surface area (Å²) in [5.41, 5.74) is 0.808. The molecule has 18 heavy (non-hydrogen) atoms. The fraction of sp³-hybridized carbons (Fsp3) is 0.533. The van der Waals surface area contributed by atoms with E-state index < -0.39 is 0 Å². The van der Waals surface area contributed by atoms with Crippen molar-refractivity contribution in [1.82, 2.24) is 4.90 Å². The summed E-state index contributed by atoms with van der Waals surface area (Å²) in [6.45, 7) is 5.00. The summed E-state index contributed by atoms with van der Waals surface area (Å²) in [4.78, 5) is 14.6. The molecule has 0 radical (unpaired) electrons. The molecule has 0 aliphatic carbocycles. The van der Waals surface area contributed by atoms with Gasteiger partial charge in [0.25, 0.3) is 0 Å². The molecule has 98 valence electrons. The van der Waals surface area contributed by atoms with Gasteiger partial charge in [-0.05, 0) is 38.8 Å². The van der Waals surface area contributed by atoms with Crippen LogP contribution in [0.1, 0.15) is 43.5 Å². The molecule has 1 aromatic rings. The minimum absolute atomic E-state index is 0.225. The van der Waals surface area contributed by atoms with E-state index in [-0.39, 0.29) is 5.78 Å². The number of piperidine rings is 1. The van der Waals surface area contributed by atoms with Crippen LogP contribution in [0.15, 0.2) is 28.7 Å². The number of ketones is 1. The molecular weight excluding hydrogens is 290 g/mol. The van der Waals surface area contributed by atoms with Gasteiger partial charge in [0, 0.05) is 22.1 Å². The van der Waals surface area contributed by atoms with Gasteiger partial charge in [-0.3, -0.25) is 9.69 Å². The molecule has 2 atom stereocenters. The number of likely N-dealkylation sites (tertiary alicyclic amines) is 1. The van der Waals surface area contributed by atoms with Gasteiger partial charge in [0.2, 0.25) is 0 Å². The smallest absolute Gasteiger partial charge is 0.176 e. The van der Waals surface area contributed by atoms with E-state index in [9.17, 15) is 4.79 Å². The van der Waals surface area contributed by atoms with Crippen molar-refractivity contribution in [2.45, 2.75) is 45.2 Å². The summed E-state index contributed by atoms with van der Waals surface area (Å²) in [6.07, 6.45) is 3.70. The number of Topliss-reactive ketones (excluding diaryl/α,β-unsaturated/α-hetero) is 1. The maximum atomic E-state index is 12.3. The predicted octanol–water partition coefficient (Wildman–Crippen LogP) is 3.89. The molecule has 0 bridgehead atoms. The molecule has 2 nitrogen and oxygen atoms in total. The van der Waals surface area contributed by atoms with Gasteiger partial charge in [-0.15, -0.1) is 0 Å². The molecule has 1 heterocycles. The highest BCUT2D eigenvalue weighted by atomic mass is 79.9. The summed E-state index contributed by atoms with van der Waals surface area (Å²) in [5, 5.41) is 0. The number of carbonyl (C=O) groups is 1. The van der Waals surface area contributed by atoms with Crippen molar-refractivity contribution >= 4 is 21.7 Å². The first kappa shape index (κ1) is 13.8. The first-order chi connectivity index (χ1) is 8.58. The van der Waals surface area contributed by atoms with Crippen LogP contribution in [0, 0.1) is 0 Å². The van der Waals surface area contributed by atoms with E-state index in [1.54, 1.807) is 0 Å². The third kappa shape index (κ3) is 3.21. The largest absolute Gasteiger partial charge is 0.293 e. The number of halogens is 1. The van der Waals surface area contributed by atoms with Crippen LogP contribution in [-0.4, -0.2) is 29.3 Å². The summed E-state index contributed by atoms with van der Waals surface area (Å²) in [6, 6.07) is 8.69. The van der Waals surface area contributed by atoms with Crippen LogP contribution in [0.3, 0.4) is 0 Å². The maximum absolute atomic E-state index is 12.3. The van der Waals surface area contributed by atoms with Gasteiger partial charge in [0.15, 0.2) is 5.78 Å². The minimum atomic E-state index is 0.225. The zero-order valence-corrected chi connectivity index (χ0v) is 12.6. The Kier molecular flexibility index (Phi) is 4.57. The topological polar surface area (TPSA) is 20.3 Å². The second kappa shape index (κ2) is 5.98. The van der Waals surface area contributed by atoms with E-state index in [0.717, 1.165) is 10.0 Å². The molecule has 0 saturated carbocycles. The number of hydrogen-bond acceptors (Lipinski definition) is 2. The van der Waals surface area contributed by atoms with Gasteiger partial charge >= 0.3 is 0 Å². The second-order valence-corrected chi connectivity index (χ2v) is 6.15. The van der Waals surface area contributed by atoms with Crippen molar-refractivity contribution in [2.75, 3.05) is 6.54 Å².